The van der Waals surface area contributed by atoms with Crippen molar-refractivity contribution in [3.63, 3.8) is 0 Å². The molecule has 0 aliphatic carbocycles. The molecule has 0 fully saturated rings. The molecule has 0 heteroatoms. The molecule has 4 aromatic rings. The maximum Gasteiger partial charge on any atom is -0.0178 e. The number of unbranched alkanes of at least 4 members (excludes halogenated alkanes) is 1. The molecule has 34 heavy (non-hydrogen) atoms. The summed E-state index contributed by atoms with van der Waals surface area (Å²) in [6.45, 7) is 9.17. The molecule has 0 radical (unpaired) electrons. The Morgan fingerprint density at radius 2 is 0.824 bits per heavy atom. The van der Waals surface area contributed by atoms with Crippen molar-refractivity contribution in [3.8, 4) is 22.3 Å². The fourth-order valence-electron chi connectivity index (χ4n) is 4.64. The van der Waals surface area contributed by atoms with Gasteiger partial charge in [-0.15, -0.1) is 0 Å². The van der Waals surface area contributed by atoms with E-state index in [9.17, 15) is 0 Å². The minimum absolute atomic E-state index is 0.539. The average molecular weight is 447 g/mol. The van der Waals surface area contributed by atoms with E-state index in [1.807, 2.05) is 0 Å². The van der Waals surface area contributed by atoms with Crippen molar-refractivity contribution in [3.05, 3.63) is 119 Å². The van der Waals surface area contributed by atoms with Gasteiger partial charge in [-0.2, -0.15) is 0 Å². The molecule has 4 rings (SSSR count). The average Bonchev–Trinajstić information content (AvgIpc) is 2.87. The van der Waals surface area contributed by atoms with E-state index >= 15 is 0 Å². The molecule has 0 amide bonds. The van der Waals surface area contributed by atoms with E-state index in [1.165, 1.54) is 57.3 Å². The van der Waals surface area contributed by atoms with Gasteiger partial charge in [-0.25, -0.2) is 0 Å². The van der Waals surface area contributed by atoms with E-state index in [1.54, 1.807) is 0 Å². The third kappa shape index (κ3) is 6.26. The summed E-state index contributed by atoms with van der Waals surface area (Å²) in [5, 5.41) is 0. The summed E-state index contributed by atoms with van der Waals surface area (Å²) in [4.78, 5) is 0. The first-order valence-corrected chi connectivity index (χ1v) is 12.9. The summed E-state index contributed by atoms with van der Waals surface area (Å²) in [6, 6.07) is 35.9. The van der Waals surface area contributed by atoms with Gasteiger partial charge >= 0.3 is 0 Å². The molecule has 0 aromatic heterocycles. The lowest BCUT2D eigenvalue weighted by Crippen LogP contribution is -1.96. The minimum atomic E-state index is 0.539. The van der Waals surface area contributed by atoms with Crippen molar-refractivity contribution in [2.45, 2.75) is 65.2 Å². The van der Waals surface area contributed by atoms with Crippen molar-refractivity contribution in [1.82, 2.24) is 0 Å². The van der Waals surface area contributed by atoms with Gasteiger partial charge in [-0.1, -0.05) is 125 Å². The fourth-order valence-corrected chi connectivity index (χ4v) is 4.64. The van der Waals surface area contributed by atoms with Gasteiger partial charge in [0, 0.05) is 0 Å². The normalized spacial score (nSPS) is 11.4. The van der Waals surface area contributed by atoms with Gasteiger partial charge in [0.15, 0.2) is 0 Å². The Labute approximate surface area is 206 Å². The molecule has 0 saturated heterocycles. The highest BCUT2D eigenvalue weighted by atomic mass is 14.1. The lowest BCUT2D eigenvalue weighted by molar-refractivity contribution is 0.731. The van der Waals surface area contributed by atoms with Crippen LogP contribution in [0.25, 0.3) is 22.3 Å². The van der Waals surface area contributed by atoms with Gasteiger partial charge < -0.3 is 0 Å². The second-order valence-corrected chi connectivity index (χ2v) is 10.2. The summed E-state index contributed by atoms with van der Waals surface area (Å²) in [5.41, 5.74) is 11.1. The Kier molecular flexibility index (Phi) is 8.01. The molecular formula is C34H38. The third-order valence-corrected chi connectivity index (χ3v) is 6.76. The SMILES string of the molecule is CC(C)c1cc(CCCCc2cc(-c3ccccc3)cc(C(C)C)c2)cc(-c2ccccc2)c1. The molecule has 0 atom stereocenters. The van der Waals surface area contributed by atoms with Crippen LogP contribution in [-0.4, -0.2) is 0 Å². The predicted molar refractivity (Wildman–Crippen MR) is 149 cm³/mol. The number of hydrogen-bond acceptors (Lipinski definition) is 0. The maximum absolute atomic E-state index is 2.42. The first kappa shape index (κ1) is 24.0. The maximum atomic E-state index is 2.42. The molecule has 0 heterocycles. The highest BCUT2D eigenvalue weighted by molar-refractivity contribution is 5.66. The van der Waals surface area contributed by atoms with E-state index in [0.717, 1.165) is 12.8 Å². The summed E-state index contributed by atoms with van der Waals surface area (Å²) >= 11 is 0. The second-order valence-electron chi connectivity index (χ2n) is 10.2. The molecule has 174 valence electrons. The van der Waals surface area contributed by atoms with Gasteiger partial charge in [-0.3, -0.25) is 0 Å². The van der Waals surface area contributed by atoms with Crippen LogP contribution >= 0.6 is 0 Å². The van der Waals surface area contributed by atoms with Crippen molar-refractivity contribution < 1.29 is 0 Å². The molecule has 0 unspecified atom stereocenters. The van der Waals surface area contributed by atoms with Crippen LogP contribution in [0.4, 0.5) is 0 Å². The van der Waals surface area contributed by atoms with Crippen molar-refractivity contribution in [2.24, 2.45) is 0 Å². The zero-order chi connectivity index (χ0) is 23.9. The van der Waals surface area contributed by atoms with E-state index in [2.05, 4.69) is 125 Å². The predicted octanol–water partition coefficient (Wildman–Crippen LogP) is 9.83. The van der Waals surface area contributed by atoms with Gasteiger partial charge in [-0.05, 0) is 82.0 Å². The van der Waals surface area contributed by atoms with Crippen molar-refractivity contribution >= 4 is 0 Å². The summed E-state index contributed by atoms with van der Waals surface area (Å²) in [5.74, 6) is 1.08. The number of rotatable bonds is 9. The molecule has 4 aromatic carbocycles. The standard InChI is InChI=1S/C34H38/c1-25(2)31-19-27(21-33(23-31)29-15-7-5-8-16-29)13-11-12-14-28-20-32(26(3)4)24-34(22-28)30-17-9-6-10-18-30/h5-10,15-26H,11-14H2,1-4H3. The van der Waals surface area contributed by atoms with Crippen LogP contribution in [-0.2, 0) is 12.8 Å². The lowest BCUT2D eigenvalue weighted by Gasteiger charge is -2.14. The van der Waals surface area contributed by atoms with Crippen LogP contribution in [0.2, 0.25) is 0 Å². The molecule has 0 aliphatic rings. The van der Waals surface area contributed by atoms with Gasteiger partial charge in [0.2, 0.25) is 0 Å². The van der Waals surface area contributed by atoms with Gasteiger partial charge in [0.1, 0.15) is 0 Å². The van der Waals surface area contributed by atoms with Gasteiger partial charge in [0.25, 0.3) is 0 Å². The largest absolute Gasteiger partial charge is 0.0622 e. The zero-order valence-corrected chi connectivity index (χ0v) is 21.2. The van der Waals surface area contributed by atoms with Crippen molar-refractivity contribution in [1.29, 1.82) is 0 Å². The van der Waals surface area contributed by atoms with Crippen molar-refractivity contribution in [2.75, 3.05) is 0 Å². The third-order valence-electron chi connectivity index (χ3n) is 6.76. The Morgan fingerprint density at radius 3 is 1.18 bits per heavy atom. The number of hydrogen-bond donors (Lipinski definition) is 0. The Morgan fingerprint density at radius 1 is 0.441 bits per heavy atom. The topological polar surface area (TPSA) is 0 Å². The Hall–Kier alpha value is -3.12. The van der Waals surface area contributed by atoms with Crippen LogP contribution < -0.4 is 0 Å². The minimum Gasteiger partial charge on any atom is -0.0622 e. The summed E-state index contributed by atoms with van der Waals surface area (Å²) < 4.78 is 0. The highest BCUT2D eigenvalue weighted by Crippen LogP contribution is 2.29. The smallest absolute Gasteiger partial charge is 0.0178 e. The summed E-state index contributed by atoms with van der Waals surface area (Å²) in [7, 11) is 0. The molecule has 0 N–H and O–H groups in total. The molecule has 0 spiro atoms. The molecular weight excluding hydrogens is 408 g/mol. The fraction of sp³-hybridized carbons (Fsp3) is 0.294. The molecule has 0 aliphatic heterocycles. The van der Waals surface area contributed by atoms with E-state index in [0.29, 0.717) is 11.8 Å². The highest BCUT2D eigenvalue weighted by Gasteiger charge is 2.09. The number of benzene rings is 4. The molecule has 0 nitrogen and oxygen atoms in total. The Balaban J connectivity index is 1.46. The Bertz CT molecular complexity index is 1090. The monoisotopic (exact) mass is 446 g/mol. The van der Waals surface area contributed by atoms with Crippen LogP contribution in [0.1, 0.15) is 74.6 Å². The number of aryl methyl sites for hydroxylation is 2. The van der Waals surface area contributed by atoms with Crippen LogP contribution in [0, 0.1) is 0 Å². The van der Waals surface area contributed by atoms with Gasteiger partial charge in [0.05, 0.1) is 0 Å². The van der Waals surface area contributed by atoms with E-state index < -0.39 is 0 Å². The van der Waals surface area contributed by atoms with Crippen LogP contribution in [0.15, 0.2) is 97.1 Å². The first-order valence-electron chi connectivity index (χ1n) is 12.9. The molecule has 0 bridgehead atoms. The van der Waals surface area contributed by atoms with Crippen LogP contribution in [0.3, 0.4) is 0 Å². The summed E-state index contributed by atoms with van der Waals surface area (Å²) in [6.07, 6.45) is 4.69. The zero-order valence-electron chi connectivity index (χ0n) is 21.2. The van der Waals surface area contributed by atoms with E-state index in [-0.39, 0.29) is 0 Å². The molecule has 0 saturated carbocycles. The van der Waals surface area contributed by atoms with E-state index in [4.69, 9.17) is 0 Å². The first-order chi connectivity index (χ1) is 16.5. The van der Waals surface area contributed by atoms with Crippen LogP contribution in [0.5, 0.6) is 0 Å². The second kappa shape index (κ2) is 11.3. The lowest BCUT2D eigenvalue weighted by atomic mass is 9.91. The quantitative estimate of drug-likeness (QED) is 0.224.